The standard InChI is InChI=1S/C13H23N3/c1-4-6-10-7-13(10)14-9-12-8-11(5-2)15-16(12)3/h8,10,13-14H,4-7,9H2,1-3H3. The summed E-state index contributed by atoms with van der Waals surface area (Å²) in [6.07, 6.45) is 5.08. The smallest absolute Gasteiger partial charge is 0.0625 e. The Morgan fingerprint density at radius 2 is 2.31 bits per heavy atom. The Kier molecular flexibility index (Phi) is 3.64. The molecule has 90 valence electrons. The summed E-state index contributed by atoms with van der Waals surface area (Å²) in [5.41, 5.74) is 2.50. The fraction of sp³-hybridized carbons (Fsp3) is 0.769. The highest BCUT2D eigenvalue weighted by molar-refractivity contribution is 5.10. The van der Waals surface area contributed by atoms with Gasteiger partial charge in [0.15, 0.2) is 0 Å². The van der Waals surface area contributed by atoms with Crippen LogP contribution in [0.5, 0.6) is 0 Å². The van der Waals surface area contributed by atoms with E-state index in [0.29, 0.717) is 0 Å². The molecule has 1 aliphatic rings. The zero-order valence-electron chi connectivity index (χ0n) is 10.7. The van der Waals surface area contributed by atoms with Gasteiger partial charge in [0.1, 0.15) is 0 Å². The van der Waals surface area contributed by atoms with Gasteiger partial charge in [0.2, 0.25) is 0 Å². The zero-order chi connectivity index (χ0) is 11.5. The molecule has 0 aromatic carbocycles. The van der Waals surface area contributed by atoms with E-state index in [-0.39, 0.29) is 0 Å². The SMILES string of the molecule is CCCC1CC1NCc1cc(CC)nn1C. The molecule has 0 saturated heterocycles. The molecule has 1 heterocycles. The molecule has 0 bridgehead atoms. The maximum absolute atomic E-state index is 4.46. The lowest BCUT2D eigenvalue weighted by Crippen LogP contribution is -2.19. The third-order valence-corrected chi connectivity index (χ3v) is 3.52. The molecule has 0 aliphatic heterocycles. The number of aryl methyl sites for hydroxylation is 2. The molecule has 2 atom stereocenters. The second kappa shape index (κ2) is 5.00. The van der Waals surface area contributed by atoms with Crippen LogP contribution >= 0.6 is 0 Å². The molecule has 3 nitrogen and oxygen atoms in total. The lowest BCUT2D eigenvalue weighted by atomic mass is 10.2. The van der Waals surface area contributed by atoms with Gasteiger partial charge in [0.25, 0.3) is 0 Å². The third kappa shape index (κ3) is 2.64. The van der Waals surface area contributed by atoms with Crippen LogP contribution in [0.15, 0.2) is 6.07 Å². The molecule has 1 N–H and O–H groups in total. The van der Waals surface area contributed by atoms with Gasteiger partial charge in [0.05, 0.1) is 11.4 Å². The first kappa shape index (κ1) is 11.6. The Hall–Kier alpha value is -0.830. The van der Waals surface area contributed by atoms with Gasteiger partial charge in [-0.3, -0.25) is 4.68 Å². The summed E-state index contributed by atoms with van der Waals surface area (Å²) in [5, 5.41) is 8.08. The van der Waals surface area contributed by atoms with Crippen molar-refractivity contribution in [3.8, 4) is 0 Å². The monoisotopic (exact) mass is 221 g/mol. The van der Waals surface area contributed by atoms with Crippen LogP contribution in [-0.4, -0.2) is 15.8 Å². The quantitative estimate of drug-likeness (QED) is 0.798. The first-order valence-corrected chi connectivity index (χ1v) is 6.49. The van der Waals surface area contributed by atoms with E-state index in [0.717, 1.165) is 24.9 Å². The second-order valence-electron chi connectivity index (χ2n) is 4.88. The minimum absolute atomic E-state index is 0.764. The van der Waals surface area contributed by atoms with E-state index >= 15 is 0 Å². The Balaban J connectivity index is 1.79. The largest absolute Gasteiger partial charge is 0.308 e. The predicted molar refractivity (Wildman–Crippen MR) is 66.2 cm³/mol. The molecule has 0 amide bonds. The van der Waals surface area contributed by atoms with Gasteiger partial charge in [-0.2, -0.15) is 5.10 Å². The van der Waals surface area contributed by atoms with Crippen molar-refractivity contribution in [1.29, 1.82) is 0 Å². The van der Waals surface area contributed by atoms with E-state index < -0.39 is 0 Å². The number of hydrogen-bond donors (Lipinski definition) is 1. The Morgan fingerprint density at radius 3 is 2.94 bits per heavy atom. The Labute approximate surface area is 98.2 Å². The van der Waals surface area contributed by atoms with Crippen LogP contribution in [0, 0.1) is 5.92 Å². The minimum atomic E-state index is 0.764. The normalized spacial score (nSPS) is 23.7. The summed E-state index contributed by atoms with van der Waals surface area (Å²) < 4.78 is 2.00. The van der Waals surface area contributed by atoms with Gasteiger partial charge >= 0.3 is 0 Å². The average Bonchev–Trinajstić information content (AvgIpc) is 2.91. The van der Waals surface area contributed by atoms with E-state index in [4.69, 9.17) is 0 Å². The molecule has 0 spiro atoms. The van der Waals surface area contributed by atoms with Gasteiger partial charge in [-0.05, 0) is 31.2 Å². The molecule has 1 aliphatic carbocycles. The van der Waals surface area contributed by atoms with Crippen molar-refractivity contribution in [3.63, 3.8) is 0 Å². The van der Waals surface area contributed by atoms with E-state index in [2.05, 4.69) is 30.3 Å². The molecule has 16 heavy (non-hydrogen) atoms. The van der Waals surface area contributed by atoms with Crippen LogP contribution < -0.4 is 5.32 Å². The van der Waals surface area contributed by atoms with Crippen molar-refractivity contribution in [2.45, 2.75) is 52.1 Å². The summed E-state index contributed by atoms with van der Waals surface area (Å²) in [6.45, 7) is 5.39. The molecule has 1 fully saturated rings. The number of nitrogens with zero attached hydrogens (tertiary/aromatic N) is 2. The lowest BCUT2D eigenvalue weighted by Gasteiger charge is -2.04. The fourth-order valence-corrected chi connectivity index (χ4v) is 2.33. The molecule has 1 saturated carbocycles. The van der Waals surface area contributed by atoms with Crippen LogP contribution in [0.4, 0.5) is 0 Å². The van der Waals surface area contributed by atoms with Crippen LogP contribution in [-0.2, 0) is 20.0 Å². The van der Waals surface area contributed by atoms with Gasteiger partial charge in [0, 0.05) is 19.6 Å². The predicted octanol–water partition coefficient (Wildman–Crippen LogP) is 2.26. The highest BCUT2D eigenvalue weighted by Crippen LogP contribution is 2.34. The van der Waals surface area contributed by atoms with Crippen LogP contribution in [0.3, 0.4) is 0 Å². The van der Waals surface area contributed by atoms with Gasteiger partial charge in [-0.25, -0.2) is 0 Å². The Morgan fingerprint density at radius 1 is 1.50 bits per heavy atom. The fourth-order valence-electron chi connectivity index (χ4n) is 2.33. The number of rotatable bonds is 6. The molecule has 0 radical (unpaired) electrons. The average molecular weight is 221 g/mol. The summed E-state index contributed by atoms with van der Waals surface area (Å²) >= 11 is 0. The van der Waals surface area contributed by atoms with Gasteiger partial charge in [-0.1, -0.05) is 20.3 Å². The third-order valence-electron chi connectivity index (χ3n) is 3.52. The number of hydrogen-bond acceptors (Lipinski definition) is 2. The van der Waals surface area contributed by atoms with E-state index in [1.165, 1.54) is 30.7 Å². The van der Waals surface area contributed by atoms with Crippen molar-refractivity contribution < 1.29 is 0 Å². The number of aromatic nitrogens is 2. The molecule has 2 unspecified atom stereocenters. The van der Waals surface area contributed by atoms with Crippen LogP contribution in [0.25, 0.3) is 0 Å². The summed E-state index contributed by atoms with van der Waals surface area (Å²) in [7, 11) is 2.03. The molecular formula is C13H23N3. The van der Waals surface area contributed by atoms with Crippen molar-refractivity contribution in [3.05, 3.63) is 17.5 Å². The maximum atomic E-state index is 4.46. The zero-order valence-corrected chi connectivity index (χ0v) is 10.7. The summed E-state index contributed by atoms with van der Waals surface area (Å²) in [4.78, 5) is 0. The highest BCUT2D eigenvalue weighted by atomic mass is 15.3. The molecule has 1 aromatic heterocycles. The minimum Gasteiger partial charge on any atom is -0.308 e. The molecular weight excluding hydrogens is 198 g/mol. The molecule has 2 rings (SSSR count). The topological polar surface area (TPSA) is 29.9 Å². The van der Waals surface area contributed by atoms with Gasteiger partial charge in [-0.15, -0.1) is 0 Å². The van der Waals surface area contributed by atoms with Crippen molar-refractivity contribution in [1.82, 2.24) is 15.1 Å². The van der Waals surface area contributed by atoms with Crippen molar-refractivity contribution in [2.75, 3.05) is 0 Å². The first-order valence-electron chi connectivity index (χ1n) is 6.49. The van der Waals surface area contributed by atoms with E-state index in [1.807, 2.05) is 11.7 Å². The summed E-state index contributed by atoms with van der Waals surface area (Å²) in [6, 6.07) is 2.98. The second-order valence-corrected chi connectivity index (χ2v) is 4.88. The van der Waals surface area contributed by atoms with Crippen LogP contribution in [0.1, 0.15) is 44.5 Å². The van der Waals surface area contributed by atoms with Crippen molar-refractivity contribution >= 4 is 0 Å². The summed E-state index contributed by atoms with van der Waals surface area (Å²) in [5.74, 6) is 0.934. The lowest BCUT2D eigenvalue weighted by molar-refractivity contribution is 0.574. The van der Waals surface area contributed by atoms with E-state index in [9.17, 15) is 0 Å². The highest BCUT2D eigenvalue weighted by Gasteiger charge is 2.35. The molecule has 3 heteroatoms. The maximum Gasteiger partial charge on any atom is 0.0625 e. The van der Waals surface area contributed by atoms with Crippen LogP contribution in [0.2, 0.25) is 0 Å². The van der Waals surface area contributed by atoms with E-state index in [1.54, 1.807) is 0 Å². The Bertz CT molecular complexity index is 343. The first-order chi connectivity index (χ1) is 7.74. The molecule has 1 aromatic rings. The van der Waals surface area contributed by atoms with Crippen molar-refractivity contribution in [2.24, 2.45) is 13.0 Å². The number of nitrogens with one attached hydrogen (secondary N) is 1. The van der Waals surface area contributed by atoms with Gasteiger partial charge < -0.3 is 5.32 Å².